The molecule has 1 amide bonds. The summed E-state index contributed by atoms with van der Waals surface area (Å²) in [4.78, 5) is 23.7. The van der Waals surface area contributed by atoms with E-state index in [2.05, 4.69) is 15.3 Å². The molecule has 2 aromatic heterocycles. The molecule has 3 atom stereocenters. The molecule has 2 fully saturated rings. The highest BCUT2D eigenvalue weighted by atomic mass is 19.4. The van der Waals surface area contributed by atoms with Gasteiger partial charge in [-0.15, -0.1) is 0 Å². The van der Waals surface area contributed by atoms with Crippen molar-refractivity contribution >= 4 is 11.7 Å². The molecule has 164 valence electrons. The number of piperidine rings is 1. The van der Waals surface area contributed by atoms with Crippen molar-refractivity contribution in [1.29, 1.82) is 0 Å². The zero-order valence-corrected chi connectivity index (χ0v) is 17.1. The summed E-state index contributed by atoms with van der Waals surface area (Å²) in [7, 11) is 0. The van der Waals surface area contributed by atoms with E-state index in [1.807, 2.05) is 47.4 Å². The summed E-state index contributed by atoms with van der Waals surface area (Å²) in [5.41, 5.74) is 1.35. The largest absolute Gasteiger partial charge is 0.417 e. The molecule has 8 heteroatoms. The number of alkyl halides is 3. The van der Waals surface area contributed by atoms with Crippen LogP contribution in [0, 0.1) is 5.92 Å². The summed E-state index contributed by atoms with van der Waals surface area (Å²) >= 11 is 0. The number of carbonyl (C=O) groups is 1. The molecular formula is C24H21F3N4O. The molecule has 3 unspecified atom stereocenters. The van der Waals surface area contributed by atoms with Gasteiger partial charge in [0.2, 0.25) is 0 Å². The molecule has 1 N–H and O–H groups in total. The second-order valence-corrected chi connectivity index (χ2v) is 8.30. The number of hydrogen-bond acceptors (Lipinski definition) is 4. The monoisotopic (exact) mass is 438 g/mol. The topological polar surface area (TPSA) is 58.1 Å². The van der Waals surface area contributed by atoms with Gasteiger partial charge in [-0.2, -0.15) is 13.2 Å². The lowest BCUT2D eigenvalue weighted by molar-refractivity contribution is -0.137. The molecule has 5 rings (SSSR count). The molecular weight excluding hydrogens is 417 g/mol. The van der Waals surface area contributed by atoms with Crippen LogP contribution in [-0.2, 0) is 6.18 Å². The number of carbonyl (C=O) groups excluding carboxylic acids is 1. The first-order valence-corrected chi connectivity index (χ1v) is 10.5. The molecule has 2 bridgehead atoms. The lowest BCUT2D eigenvalue weighted by atomic mass is 10.00. The second-order valence-electron chi connectivity index (χ2n) is 8.30. The van der Waals surface area contributed by atoms with Gasteiger partial charge in [0, 0.05) is 36.1 Å². The van der Waals surface area contributed by atoms with Gasteiger partial charge in [-0.3, -0.25) is 9.78 Å². The zero-order valence-electron chi connectivity index (χ0n) is 17.1. The molecule has 1 saturated carbocycles. The van der Waals surface area contributed by atoms with Crippen molar-refractivity contribution in [2.45, 2.75) is 31.1 Å². The number of anilines is 1. The highest BCUT2D eigenvalue weighted by molar-refractivity contribution is 6.01. The number of pyridine rings is 2. The van der Waals surface area contributed by atoms with Gasteiger partial charge in [-0.05, 0) is 49.1 Å². The van der Waals surface area contributed by atoms with Crippen LogP contribution in [0.25, 0.3) is 11.3 Å². The van der Waals surface area contributed by atoms with Crippen molar-refractivity contribution < 1.29 is 18.0 Å². The van der Waals surface area contributed by atoms with Crippen molar-refractivity contribution in [3.8, 4) is 11.3 Å². The van der Waals surface area contributed by atoms with E-state index in [1.165, 1.54) is 6.07 Å². The quantitative estimate of drug-likeness (QED) is 0.631. The lowest BCUT2D eigenvalue weighted by Crippen LogP contribution is -2.47. The third kappa shape index (κ3) is 3.81. The van der Waals surface area contributed by atoms with Gasteiger partial charge in [-0.25, -0.2) is 4.98 Å². The van der Waals surface area contributed by atoms with Crippen LogP contribution in [0.2, 0.25) is 0 Å². The fraction of sp³-hybridized carbons (Fsp3) is 0.292. The maximum absolute atomic E-state index is 13.5. The number of halogens is 3. The average molecular weight is 438 g/mol. The van der Waals surface area contributed by atoms with E-state index in [0.717, 1.165) is 36.4 Å². The number of likely N-dealkylation sites (tertiary alicyclic amines) is 1. The van der Waals surface area contributed by atoms with Crippen LogP contribution < -0.4 is 5.32 Å². The summed E-state index contributed by atoms with van der Waals surface area (Å²) in [6, 6.07) is 15.3. The van der Waals surface area contributed by atoms with Crippen molar-refractivity contribution in [2.24, 2.45) is 5.92 Å². The molecule has 0 spiro atoms. The Morgan fingerprint density at radius 2 is 1.81 bits per heavy atom. The van der Waals surface area contributed by atoms with Crippen molar-refractivity contribution in [3.63, 3.8) is 0 Å². The molecule has 1 aliphatic carbocycles. The Bertz CT molecular complexity index is 1120. The van der Waals surface area contributed by atoms with E-state index in [0.29, 0.717) is 23.8 Å². The molecule has 32 heavy (non-hydrogen) atoms. The molecule has 1 aromatic carbocycles. The summed E-state index contributed by atoms with van der Waals surface area (Å²) in [5.74, 6) is 0.695. The third-order valence-electron chi connectivity index (χ3n) is 6.27. The Morgan fingerprint density at radius 1 is 1.00 bits per heavy atom. The Balaban J connectivity index is 1.35. The number of amides is 1. The third-order valence-corrected chi connectivity index (χ3v) is 6.27. The van der Waals surface area contributed by atoms with Gasteiger partial charge in [0.15, 0.2) is 0 Å². The average Bonchev–Trinajstić information content (AvgIpc) is 3.40. The number of benzene rings is 1. The molecule has 2 aliphatic rings. The van der Waals surface area contributed by atoms with Crippen molar-refractivity contribution in [1.82, 2.24) is 14.9 Å². The number of nitrogens with zero attached hydrogens (tertiary/aromatic N) is 3. The van der Waals surface area contributed by atoms with Crippen LogP contribution in [-0.4, -0.2) is 39.4 Å². The predicted molar refractivity (Wildman–Crippen MR) is 114 cm³/mol. The van der Waals surface area contributed by atoms with Gasteiger partial charge >= 0.3 is 6.18 Å². The number of aromatic nitrogens is 2. The van der Waals surface area contributed by atoms with Crippen molar-refractivity contribution in [3.05, 3.63) is 78.1 Å². The van der Waals surface area contributed by atoms with Crippen LogP contribution in [0.3, 0.4) is 0 Å². The Hall–Kier alpha value is -3.42. The molecule has 3 aromatic rings. The number of hydrogen-bond donors (Lipinski definition) is 1. The SMILES string of the molecule is O=C(c1ccccc1-c1ccccn1)N1CC2CC(Nc3ccc(C(F)(F)F)cn3)C1C2. The maximum atomic E-state index is 13.5. The molecule has 0 radical (unpaired) electrons. The molecule has 1 aliphatic heterocycles. The number of fused-ring (bicyclic) bond motifs is 2. The number of nitrogens with one attached hydrogen (secondary N) is 1. The van der Waals surface area contributed by atoms with Crippen LogP contribution in [0.5, 0.6) is 0 Å². The van der Waals surface area contributed by atoms with E-state index in [-0.39, 0.29) is 18.0 Å². The van der Waals surface area contributed by atoms with E-state index < -0.39 is 11.7 Å². The van der Waals surface area contributed by atoms with E-state index in [1.54, 1.807) is 6.20 Å². The highest BCUT2D eigenvalue weighted by Crippen LogP contribution is 2.40. The van der Waals surface area contributed by atoms with Crippen LogP contribution >= 0.6 is 0 Å². The fourth-order valence-corrected chi connectivity index (χ4v) is 4.82. The highest BCUT2D eigenvalue weighted by Gasteiger charge is 2.47. The van der Waals surface area contributed by atoms with Gasteiger partial charge in [0.05, 0.1) is 17.3 Å². The minimum absolute atomic E-state index is 0.0339. The van der Waals surface area contributed by atoms with Gasteiger partial charge in [-0.1, -0.05) is 24.3 Å². The van der Waals surface area contributed by atoms with Gasteiger partial charge in [0.1, 0.15) is 5.82 Å². The van der Waals surface area contributed by atoms with Crippen LogP contribution in [0.1, 0.15) is 28.8 Å². The zero-order chi connectivity index (χ0) is 22.3. The Kier molecular flexibility index (Phi) is 5.07. The standard InChI is InChI=1S/C24H21F3N4O/c25-24(26,27)16-8-9-22(29-13-16)30-20-11-15-12-21(20)31(14-15)23(32)18-6-2-1-5-17(18)19-7-3-4-10-28-19/h1-10,13,15,20-21H,11-12,14H2,(H,29,30). The minimum atomic E-state index is -4.41. The molecule has 3 heterocycles. The first-order chi connectivity index (χ1) is 15.4. The van der Waals surface area contributed by atoms with Crippen LogP contribution in [0.15, 0.2) is 67.0 Å². The van der Waals surface area contributed by atoms with E-state index in [9.17, 15) is 18.0 Å². The second kappa shape index (κ2) is 7.93. The molecule has 5 nitrogen and oxygen atoms in total. The smallest absolute Gasteiger partial charge is 0.365 e. The summed E-state index contributed by atoms with van der Waals surface area (Å²) in [5, 5.41) is 3.25. The summed E-state index contributed by atoms with van der Waals surface area (Å²) < 4.78 is 38.4. The van der Waals surface area contributed by atoms with E-state index in [4.69, 9.17) is 0 Å². The Morgan fingerprint density at radius 3 is 2.50 bits per heavy atom. The van der Waals surface area contributed by atoms with E-state index >= 15 is 0 Å². The predicted octanol–water partition coefficient (Wildman–Crippen LogP) is 4.88. The summed E-state index contributed by atoms with van der Waals surface area (Å²) in [6.45, 7) is 0.679. The van der Waals surface area contributed by atoms with Crippen molar-refractivity contribution in [2.75, 3.05) is 11.9 Å². The normalized spacial score (nSPS) is 22.2. The van der Waals surface area contributed by atoms with Gasteiger partial charge < -0.3 is 10.2 Å². The number of rotatable bonds is 4. The first-order valence-electron chi connectivity index (χ1n) is 10.5. The first kappa shape index (κ1) is 20.5. The fourth-order valence-electron chi connectivity index (χ4n) is 4.82. The van der Waals surface area contributed by atoms with Gasteiger partial charge in [0.25, 0.3) is 5.91 Å². The maximum Gasteiger partial charge on any atom is 0.417 e. The van der Waals surface area contributed by atoms with Crippen LogP contribution in [0.4, 0.5) is 19.0 Å². The lowest BCUT2D eigenvalue weighted by Gasteiger charge is -2.34. The Labute approximate surface area is 183 Å². The minimum Gasteiger partial charge on any atom is -0.365 e. The summed E-state index contributed by atoms with van der Waals surface area (Å²) in [6.07, 6.45) is -0.149. The molecule has 1 saturated heterocycles.